The van der Waals surface area contributed by atoms with E-state index in [0.717, 1.165) is 25.7 Å². The van der Waals surface area contributed by atoms with E-state index in [1.807, 2.05) is 12.5 Å². The zero-order chi connectivity index (χ0) is 11.7. The molecule has 1 N–H and O–H groups in total. The van der Waals surface area contributed by atoms with Crippen LogP contribution in [0, 0.1) is 5.92 Å². The van der Waals surface area contributed by atoms with Crippen molar-refractivity contribution in [2.45, 2.75) is 51.4 Å². The summed E-state index contributed by atoms with van der Waals surface area (Å²) in [6.45, 7) is 5.09. The molecule has 17 heavy (non-hydrogen) atoms. The summed E-state index contributed by atoms with van der Waals surface area (Å²) in [6, 6.07) is 0.757. The quantitative estimate of drug-likeness (QED) is 0.842. The fourth-order valence-corrected chi connectivity index (χ4v) is 2.46. The van der Waals surface area contributed by atoms with Crippen molar-refractivity contribution >= 4 is 0 Å². The van der Waals surface area contributed by atoms with Crippen molar-refractivity contribution in [2.24, 2.45) is 5.92 Å². The number of aromatic nitrogens is 2. The van der Waals surface area contributed by atoms with Gasteiger partial charge in [0, 0.05) is 37.9 Å². The Bertz CT molecular complexity index is 372. The molecule has 1 aliphatic heterocycles. The number of imidazole rings is 1. The van der Waals surface area contributed by atoms with Gasteiger partial charge in [-0.2, -0.15) is 0 Å². The molecule has 94 valence electrons. The van der Waals surface area contributed by atoms with Gasteiger partial charge in [-0.25, -0.2) is 4.98 Å². The molecule has 4 nitrogen and oxygen atoms in total. The third kappa shape index (κ3) is 2.69. The predicted molar refractivity (Wildman–Crippen MR) is 65.6 cm³/mol. The normalized spacial score (nSPS) is 28.8. The van der Waals surface area contributed by atoms with Gasteiger partial charge in [-0.1, -0.05) is 0 Å². The van der Waals surface area contributed by atoms with Crippen LogP contribution in [0.5, 0.6) is 0 Å². The van der Waals surface area contributed by atoms with Crippen LogP contribution in [-0.4, -0.2) is 28.3 Å². The van der Waals surface area contributed by atoms with Crippen LogP contribution in [-0.2, 0) is 17.8 Å². The second-order valence-corrected chi connectivity index (χ2v) is 5.32. The van der Waals surface area contributed by atoms with Crippen molar-refractivity contribution in [3.63, 3.8) is 0 Å². The van der Waals surface area contributed by atoms with E-state index in [9.17, 15) is 0 Å². The zero-order valence-electron chi connectivity index (χ0n) is 10.4. The molecule has 0 spiro atoms. The van der Waals surface area contributed by atoms with Gasteiger partial charge in [0.1, 0.15) is 0 Å². The molecule has 0 bridgehead atoms. The third-order valence-corrected chi connectivity index (χ3v) is 3.91. The van der Waals surface area contributed by atoms with Crippen molar-refractivity contribution in [1.82, 2.24) is 14.9 Å². The van der Waals surface area contributed by atoms with Gasteiger partial charge in [0.25, 0.3) is 0 Å². The van der Waals surface area contributed by atoms with Crippen molar-refractivity contribution in [2.75, 3.05) is 6.61 Å². The minimum atomic E-state index is 0.390. The Morgan fingerprint density at radius 1 is 1.47 bits per heavy atom. The maximum atomic E-state index is 5.61. The van der Waals surface area contributed by atoms with Crippen molar-refractivity contribution in [3.8, 4) is 0 Å². The van der Waals surface area contributed by atoms with Crippen LogP contribution < -0.4 is 5.32 Å². The van der Waals surface area contributed by atoms with Crippen LogP contribution in [0.3, 0.4) is 0 Å². The average molecular weight is 235 g/mol. The van der Waals surface area contributed by atoms with Gasteiger partial charge >= 0.3 is 0 Å². The molecular formula is C13H21N3O. The Labute approximate surface area is 102 Å². The summed E-state index contributed by atoms with van der Waals surface area (Å²) in [7, 11) is 0. The van der Waals surface area contributed by atoms with Gasteiger partial charge in [-0.05, 0) is 26.2 Å². The Morgan fingerprint density at radius 3 is 3.06 bits per heavy atom. The molecule has 2 unspecified atom stereocenters. The minimum absolute atomic E-state index is 0.390. The Morgan fingerprint density at radius 2 is 2.35 bits per heavy atom. The molecule has 2 aliphatic rings. The highest BCUT2D eigenvalue weighted by Gasteiger charge is 2.25. The van der Waals surface area contributed by atoms with Crippen molar-refractivity contribution in [3.05, 3.63) is 18.2 Å². The molecular weight excluding hydrogens is 214 g/mol. The van der Waals surface area contributed by atoms with Gasteiger partial charge in [-0.3, -0.25) is 0 Å². The molecule has 1 aromatic heterocycles. The zero-order valence-corrected chi connectivity index (χ0v) is 10.4. The SMILES string of the molecule is CC1OCCC1Cn1cncc1CNC1CC1. The van der Waals surface area contributed by atoms with Crippen LogP contribution in [0.25, 0.3) is 0 Å². The standard InChI is InChI=1S/C13H21N3O/c1-10-11(4-5-17-10)8-16-9-14-6-13(16)7-15-12-2-3-12/h6,9-12,15H,2-5,7-8H2,1H3. The second-order valence-electron chi connectivity index (χ2n) is 5.32. The Balaban J connectivity index is 1.59. The number of rotatable bonds is 5. The van der Waals surface area contributed by atoms with Crippen molar-refractivity contribution in [1.29, 1.82) is 0 Å². The first kappa shape index (κ1) is 11.2. The van der Waals surface area contributed by atoms with Gasteiger partial charge < -0.3 is 14.6 Å². The van der Waals surface area contributed by atoms with E-state index in [4.69, 9.17) is 4.74 Å². The van der Waals surface area contributed by atoms with Gasteiger partial charge in [0.2, 0.25) is 0 Å². The molecule has 1 aromatic rings. The highest BCUT2D eigenvalue weighted by atomic mass is 16.5. The summed E-state index contributed by atoms with van der Waals surface area (Å²) in [5, 5.41) is 3.54. The molecule has 4 heteroatoms. The number of nitrogens with one attached hydrogen (secondary N) is 1. The number of hydrogen-bond acceptors (Lipinski definition) is 3. The lowest BCUT2D eigenvalue weighted by molar-refractivity contribution is 0.101. The van der Waals surface area contributed by atoms with Gasteiger partial charge in [0.05, 0.1) is 18.1 Å². The molecule has 2 atom stereocenters. The first-order valence-electron chi connectivity index (χ1n) is 6.67. The summed E-state index contributed by atoms with van der Waals surface area (Å²) in [6.07, 6.45) is 8.17. The maximum absolute atomic E-state index is 5.61. The van der Waals surface area contributed by atoms with Crippen LogP contribution in [0.15, 0.2) is 12.5 Å². The molecule has 2 heterocycles. The summed E-state index contributed by atoms with van der Waals surface area (Å²) in [5.74, 6) is 0.642. The highest BCUT2D eigenvalue weighted by molar-refractivity contribution is 5.00. The van der Waals surface area contributed by atoms with E-state index in [1.165, 1.54) is 25.0 Å². The monoisotopic (exact) mass is 235 g/mol. The molecule has 0 radical (unpaired) electrons. The Kier molecular flexibility index (Phi) is 3.16. The van der Waals surface area contributed by atoms with E-state index in [0.29, 0.717) is 12.0 Å². The first-order chi connectivity index (χ1) is 8.33. The van der Waals surface area contributed by atoms with Crippen LogP contribution in [0.4, 0.5) is 0 Å². The molecule has 1 saturated heterocycles. The van der Waals surface area contributed by atoms with Gasteiger partial charge in [-0.15, -0.1) is 0 Å². The van der Waals surface area contributed by atoms with E-state index < -0.39 is 0 Å². The second kappa shape index (κ2) is 4.78. The third-order valence-electron chi connectivity index (χ3n) is 3.91. The Hall–Kier alpha value is -0.870. The fraction of sp³-hybridized carbons (Fsp3) is 0.769. The van der Waals surface area contributed by atoms with E-state index >= 15 is 0 Å². The fourth-order valence-electron chi connectivity index (χ4n) is 2.46. The lowest BCUT2D eigenvalue weighted by Crippen LogP contribution is -2.22. The lowest BCUT2D eigenvalue weighted by atomic mass is 10.0. The van der Waals surface area contributed by atoms with Gasteiger partial charge in [0.15, 0.2) is 0 Å². The van der Waals surface area contributed by atoms with E-state index in [2.05, 4.69) is 21.8 Å². The predicted octanol–water partition coefficient (Wildman–Crippen LogP) is 1.56. The number of ether oxygens (including phenoxy) is 1. The van der Waals surface area contributed by atoms with E-state index in [1.54, 1.807) is 0 Å². The summed E-state index contributed by atoms with van der Waals surface area (Å²) < 4.78 is 7.90. The number of hydrogen-bond donors (Lipinski definition) is 1. The lowest BCUT2D eigenvalue weighted by Gasteiger charge is -2.16. The largest absolute Gasteiger partial charge is 0.378 e. The molecule has 2 fully saturated rings. The summed E-state index contributed by atoms with van der Waals surface area (Å²) >= 11 is 0. The van der Waals surface area contributed by atoms with Crippen LogP contribution in [0.1, 0.15) is 31.9 Å². The topological polar surface area (TPSA) is 39.1 Å². The number of nitrogens with zero attached hydrogens (tertiary/aromatic N) is 2. The first-order valence-corrected chi connectivity index (χ1v) is 6.67. The van der Waals surface area contributed by atoms with Crippen molar-refractivity contribution < 1.29 is 4.74 Å². The minimum Gasteiger partial charge on any atom is -0.378 e. The maximum Gasteiger partial charge on any atom is 0.0948 e. The highest BCUT2D eigenvalue weighted by Crippen LogP contribution is 2.23. The molecule has 0 aromatic carbocycles. The summed E-state index contributed by atoms with van der Waals surface area (Å²) in [4.78, 5) is 4.27. The molecule has 1 aliphatic carbocycles. The molecule has 1 saturated carbocycles. The smallest absolute Gasteiger partial charge is 0.0948 e. The van der Waals surface area contributed by atoms with Crippen LogP contribution in [0.2, 0.25) is 0 Å². The average Bonchev–Trinajstić information content (AvgIpc) is 2.92. The van der Waals surface area contributed by atoms with E-state index in [-0.39, 0.29) is 0 Å². The molecule has 3 rings (SSSR count). The molecule has 0 amide bonds. The summed E-state index contributed by atoms with van der Waals surface area (Å²) in [5.41, 5.74) is 1.30. The van der Waals surface area contributed by atoms with Crippen LogP contribution >= 0.6 is 0 Å².